The number of rotatable bonds is 4. The minimum Gasteiger partial charge on any atom is -0.462 e. The summed E-state index contributed by atoms with van der Waals surface area (Å²) in [5, 5.41) is 0. The summed E-state index contributed by atoms with van der Waals surface area (Å²) in [6, 6.07) is 5.78. The van der Waals surface area contributed by atoms with Gasteiger partial charge in [0, 0.05) is 10.7 Å². The van der Waals surface area contributed by atoms with Gasteiger partial charge in [-0.3, -0.25) is 0 Å². The van der Waals surface area contributed by atoms with Gasteiger partial charge in [0.25, 0.3) is 0 Å². The van der Waals surface area contributed by atoms with E-state index in [1.54, 1.807) is 13.8 Å². The van der Waals surface area contributed by atoms with Gasteiger partial charge in [-0.15, -0.1) is 0 Å². The van der Waals surface area contributed by atoms with Crippen molar-refractivity contribution in [3.8, 4) is 11.8 Å². The maximum atomic E-state index is 11.7. The molecule has 1 heterocycles. The average Bonchev–Trinajstić information content (AvgIpc) is 2.43. The van der Waals surface area contributed by atoms with Gasteiger partial charge in [0.2, 0.25) is 0 Å². The summed E-state index contributed by atoms with van der Waals surface area (Å²) in [6.45, 7) is 5.75. The highest BCUT2D eigenvalue weighted by Gasteiger charge is 2.13. The van der Waals surface area contributed by atoms with Crippen LogP contribution in [0, 0.1) is 13.8 Å². The number of hydrogen-bond acceptors (Lipinski definition) is 5. The van der Waals surface area contributed by atoms with E-state index in [1.165, 1.54) is 6.20 Å². The first-order valence-corrected chi connectivity index (χ1v) is 7.25. The molecule has 0 radical (unpaired) electrons. The van der Waals surface area contributed by atoms with E-state index in [1.807, 2.05) is 25.1 Å². The molecule has 0 atom stereocenters. The molecule has 2 rings (SSSR count). The van der Waals surface area contributed by atoms with Gasteiger partial charge >= 0.3 is 12.0 Å². The molecule has 21 heavy (non-hydrogen) atoms. The molecule has 0 fully saturated rings. The molecule has 0 aliphatic carbocycles. The molecular weight excluding hydrogens is 336 g/mol. The Morgan fingerprint density at radius 3 is 2.71 bits per heavy atom. The second kappa shape index (κ2) is 6.67. The molecule has 1 aromatic heterocycles. The highest BCUT2D eigenvalue weighted by Crippen LogP contribution is 2.24. The van der Waals surface area contributed by atoms with Crippen LogP contribution in [0.2, 0.25) is 0 Å². The molecule has 0 saturated carbocycles. The quantitative estimate of drug-likeness (QED) is 0.784. The Morgan fingerprint density at radius 1 is 1.33 bits per heavy atom. The average molecular weight is 351 g/mol. The van der Waals surface area contributed by atoms with E-state index >= 15 is 0 Å². The molecule has 0 aliphatic rings. The summed E-state index contributed by atoms with van der Waals surface area (Å²) < 4.78 is 11.5. The third-order valence-corrected chi connectivity index (χ3v) is 3.68. The fourth-order valence-electron chi connectivity index (χ4n) is 1.69. The van der Waals surface area contributed by atoms with Crippen molar-refractivity contribution < 1.29 is 14.3 Å². The Balaban J connectivity index is 2.20. The van der Waals surface area contributed by atoms with Crippen molar-refractivity contribution in [2.75, 3.05) is 6.61 Å². The summed E-state index contributed by atoms with van der Waals surface area (Å²) in [4.78, 5) is 19.9. The lowest BCUT2D eigenvalue weighted by atomic mass is 10.2. The maximum absolute atomic E-state index is 11.7. The van der Waals surface area contributed by atoms with Gasteiger partial charge in [-0.2, -0.15) is 4.98 Å². The molecule has 0 saturated heterocycles. The first-order chi connectivity index (χ1) is 10.0. The van der Waals surface area contributed by atoms with Crippen molar-refractivity contribution in [3.05, 3.63) is 45.7 Å². The number of carbonyl (C=O) groups excluding carboxylic acids is 1. The van der Waals surface area contributed by atoms with Gasteiger partial charge in [-0.1, -0.05) is 15.9 Å². The minimum atomic E-state index is -0.430. The van der Waals surface area contributed by atoms with Gasteiger partial charge in [-0.05, 0) is 44.5 Å². The smallest absolute Gasteiger partial charge is 0.341 e. The molecule has 110 valence electrons. The first-order valence-electron chi connectivity index (χ1n) is 6.46. The van der Waals surface area contributed by atoms with Crippen LogP contribution in [0.4, 0.5) is 0 Å². The molecule has 5 nitrogen and oxygen atoms in total. The van der Waals surface area contributed by atoms with Crippen molar-refractivity contribution in [3.63, 3.8) is 0 Å². The second-order valence-electron chi connectivity index (χ2n) is 4.39. The Hall–Kier alpha value is -1.95. The van der Waals surface area contributed by atoms with Crippen LogP contribution in [0.1, 0.15) is 28.5 Å². The fourth-order valence-corrected chi connectivity index (χ4v) is 1.94. The Labute approximate surface area is 131 Å². The van der Waals surface area contributed by atoms with Crippen molar-refractivity contribution in [2.24, 2.45) is 0 Å². The third-order valence-electron chi connectivity index (χ3n) is 2.79. The largest absolute Gasteiger partial charge is 0.462 e. The van der Waals surface area contributed by atoms with E-state index in [2.05, 4.69) is 25.9 Å². The van der Waals surface area contributed by atoms with E-state index in [0.717, 1.165) is 10.0 Å². The van der Waals surface area contributed by atoms with Crippen LogP contribution in [0.15, 0.2) is 28.9 Å². The highest BCUT2D eigenvalue weighted by atomic mass is 79.9. The molecule has 0 unspecified atom stereocenters. The maximum Gasteiger partial charge on any atom is 0.341 e. The lowest BCUT2D eigenvalue weighted by molar-refractivity contribution is 0.0524. The van der Waals surface area contributed by atoms with Crippen LogP contribution in [0.25, 0.3) is 0 Å². The number of aromatic nitrogens is 2. The molecular formula is C15H15BrN2O3. The number of aryl methyl sites for hydroxylation is 2. The number of benzene rings is 1. The summed E-state index contributed by atoms with van der Waals surface area (Å²) in [7, 11) is 0. The second-order valence-corrected chi connectivity index (χ2v) is 5.24. The lowest BCUT2D eigenvalue weighted by Gasteiger charge is -2.08. The normalized spacial score (nSPS) is 10.3. The van der Waals surface area contributed by atoms with Crippen molar-refractivity contribution in [1.29, 1.82) is 0 Å². The summed E-state index contributed by atoms with van der Waals surface area (Å²) in [5.74, 6) is 0.208. The molecule has 0 amide bonds. The Kier molecular flexibility index (Phi) is 4.90. The first kappa shape index (κ1) is 15.4. The zero-order valence-electron chi connectivity index (χ0n) is 12.0. The molecule has 2 aromatic rings. The van der Waals surface area contributed by atoms with Gasteiger partial charge in [0.05, 0.1) is 17.9 Å². The van der Waals surface area contributed by atoms with Crippen LogP contribution in [-0.2, 0) is 4.74 Å². The lowest BCUT2D eigenvalue weighted by Crippen LogP contribution is -2.09. The number of carbonyl (C=O) groups is 1. The number of nitrogens with zero attached hydrogens (tertiary/aromatic N) is 2. The van der Waals surface area contributed by atoms with Crippen LogP contribution in [0.5, 0.6) is 11.8 Å². The standard InChI is InChI=1S/C15H15BrN2O3/c1-4-20-14(19)12-8-17-15(18-10(12)3)21-11-5-6-13(16)9(2)7-11/h5-8H,4H2,1-3H3. The van der Waals surface area contributed by atoms with Crippen LogP contribution in [0.3, 0.4) is 0 Å². The topological polar surface area (TPSA) is 61.3 Å². The Morgan fingerprint density at radius 2 is 2.10 bits per heavy atom. The molecule has 0 bridgehead atoms. The molecule has 1 aromatic carbocycles. The number of ether oxygens (including phenoxy) is 2. The molecule has 0 spiro atoms. The molecule has 6 heteroatoms. The monoisotopic (exact) mass is 350 g/mol. The van der Waals surface area contributed by atoms with Gasteiger partial charge in [0.1, 0.15) is 5.75 Å². The van der Waals surface area contributed by atoms with Gasteiger partial charge in [-0.25, -0.2) is 9.78 Å². The van der Waals surface area contributed by atoms with Crippen LogP contribution >= 0.6 is 15.9 Å². The summed E-state index contributed by atoms with van der Waals surface area (Å²) in [6.07, 6.45) is 1.42. The van der Waals surface area contributed by atoms with Crippen molar-refractivity contribution in [2.45, 2.75) is 20.8 Å². The highest BCUT2D eigenvalue weighted by molar-refractivity contribution is 9.10. The van der Waals surface area contributed by atoms with Crippen LogP contribution < -0.4 is 4.74 Å². The van der Waals surface area contributed by atoms with E-state index in [-0.39, 0.29) is 6.01 Å². The SMILES string of the molecule is CCOC(=O)c1cnc(Oc2ccc(Br)c(C)c2)nc1C. The van der Waals surface area contributed by atoms with E-state index < -0.39 is 5.97 Å². The number of hydrogen-bond donors (Lipinski definition) is 0. The number of esters is 1. The van der Waals surface area contributed by atoms with Crippen molar-refractivity contribution >= 4 is 21.9 Å². The van der Waals surface area contributed by atoms with E-state index in [4.69, 9.17) is 9.47 Å². The third kappa shape index (κ3) is 3.78. The minimum absolute atomic E-state index is 0.197. The fraction of sp³-hybridized carbons (Fsp3) is 0.267. The van der Waals surface area contributed by atoms with Gasteiger partial charge in [0.15, 0.2) is 0 Å². The van der Waals surface area contributed by atoms with Crippen LogP contribution in [-0.4, -0.2) is 22.5 Å². The predicted octanol–water partition coefficient (Wildman–Crippen LogP) is 3.82. The summed E-state index contributed by atoms with van der Waals surface area (Å²) in [5.41, 5.74) is 1.91. The molecule has 0 aliphatic heterocycles. The zero-order valence-corrected chi connectivity index (χ0v) is 13.6. The summed E-state index contributed by atoms with van der Waals surface area (Å²) >= 11 is 3.43. The Bertz CT molecular complexity index is 674. The number of halogens is 1. The van der Waals surface area contributed by atoms with E-state index in [0.29, 0.717) is 23.6 Å². The molecule has 0 N–H and O–H groups in total. The predicted molar refractivity (Wildman–Crippen MR) is 81.7 cm³/mol. The van der Waals surface area contributed by atoms with Crippen molar-refractivity contribution in [1.82, 2.24) is 9.97 Å². The van der Waals surface area contributed by atoms with E-state index in [9.17, 15) is 4.79 Å². The van der Waals surface area contributed by atoms with Gasteiger partial charge < -0.3 is 9.47 Å². The zero-order chi connectivity index (χ0) is 15.4.